The van der Waals surface area contributed by atoms with Gasteiger partial charge in [-0.3, -0.25) is 9.59 Å². The minimum atomic E-state index is -0.563. The maximum absolute atomic E-state index is 12.7. The topological polar surface area (TPSA) is 59.1 Å². The average molecular weight is 382 g/mol. The van der Waals surface area contributed by atoms with Crippen molar-refractivity contribution in [3.8, 4) is 11.5 Å². The zero-order valence-electron chi connectivity index (χ0n) is 16.6. The molecule has 0 aliphatic carbocycles. The number of hydrogen-bond acceptors (Lipinski definition) is 4. The van der Waals surface area contributed by atoms with E-state index < -0.39 is 6.10 Å². The number of ether oxygens (including phenoxy) is 2. The summed E-state index contributed by atoms with van der Waals surface area (Å²) in [5, 5.41) is 0. The molecular formula is C22H26N2O4. The molecule has 148 valence electrons. The van der Waals surface area contributed by atoms with Crippen LogP contribution < -0.4 is 9.47 Å². The number of rotatable bonds is 5. The highest BCUT2D eigenvalue weighted by molar-refractivity contribution is 5.94. The van der Waals surface area contributed by atoms with Gasteiger partial charge in [-0.2, -0.15) is 0 Å². The van der Waals surface area contributed by atoms with E-state index in [4.69, 9.17) is 9.47 Å². The number of carbonyl (C=O) groups is 2. The predicted molar refractivity (Wildman–Crippen MR) is 107 cm³/mol. The second kappa shape index (κ2) is 8.78. The summed E-state index contributed by atoms with van der Waals surface area (Å²) in [6.45, 7) is 5.79. The molecule has 6 nitrogen and oxygen atoms in total. The molecule has 1 aliphatic heterocycles. The zero-order chi connectivity index (χ0) is 20.1. The summed E-state index contributed by atoms with van der Waals surface area (Å²) in [6, 6.07) is 14.7. The summed E-state index contributed by atoms with van der Waals surface area (Å²) in [6.07, 6.45) is -0.563. The normalized spacial score (nSPS) is 15.1. The average Bonchev–Trinajstić information content (AvgIpc) is 2.74. The van der Waals surface area contributed by atoms with Crippen molar-refractivity contribution >= 4 is 11.8 Å². The van der Waals surface area contributed by atoms with E-state index in [-0.39, 0.29) is 11.8 Å². The number of amides is 2. The number of methoxy groups -OCH3 is 1. The fraction of sp³-hybridized carbons (Fsp3) is 0.364. The molecule has 2 amide bonds. The minimum Gasteiger partial charge on any atom is -0.497 e. The molecular weight excluding hydrogens is 356 g/mol. The van der Waals surface area contributed by atoms with E-state index >= 15 is 0 Å². The lowest BCUT2D eigenvalue weighted by Gasteiger charge is -2.36. The number of aryl methyl sites for hydroxylation is 1. The number of nitrogens with zero attached hydrogens (tertiary/aromatic N) is 2. The summed E-state index contributed by atoms with van der Waals surface area (Å²) >= 11 is 0. The van der Waals surface area contributed by atoms with Crippen LogP contribution in [0.5, 0.6) is 11.5 Å². The van der Waals surface area contributed by atoms with Crippen LogP contribution in [0, 0.1) is 6.92 Å². The van der Waals surface area contributed by atoms with Crippen LogP contribution in [0.2, 0.25) is 0 Å². The molecule has 0 saturated carbocycles. The van der Waals surface area contributed by atoms with Gasteiger partial charge in [0.2, 0.25) is 0 Å². The van der Waals surface area contributed by atoms with Crippen molar-refractivity contribution in [2.75, 3.05) is 33.3 Å². The van der Waals surface area contributed by atoms with Crippen molar-refractivity contribution in [1.82, 2.24) is 9.80 Å². The third-order valence-corrected chi connectivity index (χ3v) is 4.90. The molecule has 2 aromatic rings. The third-order valence-electron chi connectivity index (χ3n) is 4.90. The fourth-order valence-electron chi connectivity index (χ4n) is 3.17. The van der Waals surface area contributed by atoms with Gasteiger partial charge in [-0.25, -0.2) is 0 Å². The highest BCUT2D eigenvalue weighted by atomic mass is 16.5. The maximum atomic E-state index is 12.7. The van der Waals surface area contributed by atoms with Crippen LogP contribution in [-0.2, 0) is 4.79 Å². The van der Waals surface area contributed by atoms with Crippen LogP contribution in [0.25, 0.3) is 0 Å². The molecule has 0 radical (unpaired) electrons. The van der Waals surface area contributed by atoms with Crippen molar-refractivity contribution in [2.45, 2.75) is 20.0 Å². The first-order valence-electron chi connectivity index (χ1n) is 9.43. The van der Waals surface area contributed by atoms with E-state index in [2.05, 4.69) is 0 Å². The van der Waals surface area contributed by atoms with Crippen LogP contribution in [0.1, 0.15) is 22.8 Å². The lowest BCUT2D eigenvalue weighted by Crippen LogP contribution is -2.53. The van der Waals surface area contributed by atoms with Crippen LogP contribution in [-0.4, -0.2) is 61.0 Å². The second-order valence-electron chi connectivity index (χ2n) is 6.92. The summed E-state index contributed by atoms with van der Waals surface area (Å²) in [4.78, 5) is 28.8. The summed E-state index contributed by atoms with van der Waals surface area (Å²) < 4.78 is 10.9. The maximum Gasteiger partial charge on any atom is 0.263 e. The molecule has 2 aromatic carbocycles. The minimum absolute atomic E-state index is 0.0290. The SMILES string of the molecule is COc1ccc(C(=O)N2CCN(C(=O)C(C)Oc3ccc(C)cc3)CC2)cc1. The molecule has 0 spiro atoms. The highest BCUT2D eigenvalue weighted by Gasteiger charge is 2.28. The van der Waals surface area contributed by atoms with Crippen LogP contribution in [0.4, 0.5) is 0 Å². The summed E-state index contributed by atoms with van der Waals surface area (Å²) in [5.41, 5.74) is 1.76. The molecule has 1 atom stereocenters. The fourth-order valence-corrected chi connectivity index (χ4v) is 3.17. The molecule has 1 heterocycles. The van der Waals surface area contributed by atoms with Gasteiger partial charge in [0.1, 0.15) is 11.5 Å². The Morgan fingerprint density at radius 1 is 0.857 bits per heavy atom. The van der Waals surface area contributed by atoms with E-state index in [1.54, 1.807) is 48.1 Å². The first-order valence-corrected chi connectivity index (χ1v) is 9.43. The number of benzene rings is 2. The molecule has 28 heavy (non-hydrogen) atoms. The lowest BCUT2D eigenvalue weighted by atomic mass is 10.1. The Balaban J connectivity index is 1.52. The number of hydrogen-bond donors (Lipinski definition) is 0. The molecule has 1 aliphatic rings. The van der Waals surface area contributed by atoms with Crippen LogP contribution >= 0.6 is 0 Å². The standard InChI is InChI=1S/C22H26N2O4/c1-16-4-8-20(9-5-16)28-17(2)21(25)23-12-14-24(15-13-23)22(26)18-6-10-19(27-3)11-7-18/h4-11,17H,12-15H2,1-3H3. The third kappa shape index (κ3) is 4.63. The van der Waals surface area contributed by atoms with Gasteiger partial charge >= 0.3 is 0 Å². The Kier molecular flexibility index (Phi) is 6.19. The number of piperazine rings is 1. The van der Waals surface area contributed by atoms with E-state index in [0.29, 0.717) is 37.5 Å². The molecule has 1 unspecified atom stereocenters. The molecule has 3 rings (SSSR count). The van der Waals surface area contributed by atoms with Crippen molar-refractivity contribution < 1.29 is 19.1 Å². The van der Waals surface area contributed by atoms with E-state index in [1.807, 2.05) is 31.2 Å². The van der Waals surface area contributed by atoms with E-state index in [0.717, 1.165) is 11.3 Å². The van der Waals surface area contributed by atoms with Gasteiger partial charge in [-0.1, -0.05) is 17.7 Å². The van der Waals surface area contributed by atoms with Crippen LogP contribution in [0.3, 0.4) is 0 Å². The van der Waals surface area contributed by atoms with Crippen molar-refractivity contribution in [3.63, 3.8) is 0 Å². The largest absolute Gasteiger partial charge is 0.497 e. The first kappa shape index (κ1) is 19.7. The predicted octanol–water partition coefficient (Wildman–Crippen LogP) is 2.76. The Hall–Kier alpha value is -3.02. The molecule has 6 heteroatoms. The van der Waals surface area contributed by atoms with Crippen LogP contribution in [0.15, 0.2) is 48.5 Å². The van der Waals surface area contributed by atoms with Gasteiger partial charge in [0.05, 0.1) is 7.11 Å². The molecule has 0 N–H and O–H groups in total. The Labute approximate surface area is 165 Å². The zero-order valence-corrected chi connectivity index (χ0v) is 16.6. The summed E-state index contributed by atoms with van der Waals surface area (Å²) in [5.74, 6) is 1.31. The van der Waals surface area contributed by atoms with Gasteiger partial charge in [0, 0.05) is 31.7 Å². The van der Waals surface area contributed by atoms with E-state index in [1.165, 1.54) is 0 Å². The quantitative estimate of drug-likeness (QED) is 0.798. The smallest absolute Gasteiger partial charge is 0.263 e. The van der Waals surface area contributed by atoms with Gasteiger partial charge in [0.25, 0.3) is 11.8 Å². The summed E-state index contributed by atoms with van der Waals surface area (Å²) in [7, 11) is 1.59. The Morgan fingerprint density at radius 3 is 1.96 bits per heavy atom. The molecule has 0 bridgehead atoms. The highest BCUT2D eigenvalue weighted by Crippen LogP contribution is 2.17. The van der Waals surface area contributed by atoms with Crippen molar-refractivity contribution in [1.29, 1.82) is 0 Å². The Morgan fingerprint density at radius 2 is 1.39 bits per heavy atom. The molecule has 1 saturated heterocycles. The first-order chi connectivity index (χ1) is 13.5. The van der Waals surface area contributed by atoms with E-state index in [9.17, 15) is 9.59 Å². The van der Waals surface area contributed by atoms with Gasteiger partial charge < -0.3 is 19.3 Å². The van der Waals surface area contributed by atoms with Crippen molar-refractivity contribution in [3.05, 3.63) is 59.7 Å². The van der Waals surface area contributed by atoms with Gasteiger partial charge in [-0.15, -0.1) is 0 Å². The van der Waals surface area contributed by atoms with Gasteiger partial charge in [0.15, 0.2) is 6.10 Å². The molecule has 0 aromatic heterocycles. The lowest BCUT2D eigenvalue weighted by molar-refractivity contribution is -0.139. The Bertz CT molecular complexity index is 809. The molecule has 1 fully saturated rings. The second-order valence-corrected chi connectivity index (χ2v) is 6.92. The monoisotopic (exact) mass is 382 g/mol. The van der Waals surface area contributed by atoms with Crippen molar-refractivity contribution in [2.24, 2.45) is 0 Å². The number of carbonyl (C=O) groups excluding carboxylic acids is 2. The van der Waals surface area contributed by atoms with Gasteiger partial charge in [-0.05, 0) is 50.2 Å².